The molecule has 2 aromatic rings. The van der Waals surface area contributed by atoms with Crippen LogP contribution in [0.1, 0.15) is 18.4 Å². The third kappa shape index (κ3) is 3.90. The van der Waals surface area contributed by atoms with E-state index in [2.05, 4.69) is 21.3 Å². The summed E-state index contributed by atoms with van der Waals surface area (Å²) in [7, 11) is 2.04. The highest BCUT2D eigenvalue weighted by atomic mass is 35.5. The zero-order valence-corrected chi connectivity index (χ0v) is 14.5. The first-order chi connectivity index (χ1) is 10.3. The summed E-state index contributed by atoms with van der Waals surface area (Å²) in [5.41, 5.74) is 2.32. The van der Waals surface area contributed by atoms with E-state index in [-0.39, 0.29) is 12.4 Å². The number of piperidine rings is 1. The number of halogens is 2. The van der Waals surface area contributed by atoms with Gasteiger partial charge in [0.05, 0.1) is 5.52 Å². The summed E-state index contributed by atoms with van der Waals surface area (Å²) in [6, 6.07) is 8.11. The molecule has 3 rings (SSSR count). The Labute approximate surface area is 143 Å². The van der Waals surface area contributed by atoms with Crippen LogP contribution in [0.25, 0.3) is 10.9 Å². The molecule has 1 aliphatic rings. The van der Waals surface area contributed by atoms with Crippen molar-refractivity contribution in [3.8, 4) is 0 Å². The molecule has 3 nitrogen and oxygen atoms in total. The van der Waals surface area contributed by atoms with Crippen LogP contribution in [0.5, 0.6) is 0 Å². The molecule has 0 bridgehead atoms. The molecule has 0 amide bonds. The number of nitrogens with one attached hydrogen (secondary N) is 1. The summed E-state index contributed by atoms with van der Waals surface area (Å²) in [6.07, 6.45) is 4.40. The largest absolute Gasteiger partial charge is 0.319 e. The number of fused-ring (bicyclic) bond motifs is 1. The summed E-state index contributed by atoms with van der Waals surface area (Å²) in [5, 5.41) is 5.13. The van der Waals surface area contributed by atoms with Crippen LogP contribution < -0.4 is 5.32 Å². The molecule has 5 heteroatoms. The van der Waals surface area contributed by atoms with Crippen molar-refractivity contribution < 1.29 is 0 Å². The quantitative estimate of drug-likeness (QED) is 0.919. The molecule has 1 aromatic carbocycles. The van der Waals surface area contributed by atoms with E-state index in [1.165, 1.54) is 31.5 Å². The van der Waals surface area contributed by atoms with Gasteiger partial charge in [-0.2, -0.15) is 0 Å². The first kappa shape index (κ1) is 17.5. The van der Waals surface area contributed by atoms with Gasteiger partial charge in [-0.3, -0.25) is 9.88 Å². The maximum atomic E-state index is 6.27. The van der Waals surface area contributed by atoms with Crippen LogP contribution in [-0.4, -0.2) is 36.6 Å². The van der Waals surface area contributed by atoms with Crippen molar-refractivity contribution in [1.82, 2.24) is 15.2 Å². The Morgan fingerprint density at radius 3 is 2.77 bits per heavy atom. The lowest BCUT2D eigenvalue weighted by molar-refractivity contribution is 0.177. The van der Waals surface area contributed by atoms with Crippen LogP contribution in [0.2, 0.25) is 5.02 Å². The molecule has 0 saturated carbocycles. The van der Waals surface area contributed by atoms with Gasteiger partial charge in [-0.1, -0.05) is 17.7 Å². The molecule has 120 valence electrons. The molecule has 2 heterocycles. The highest BCUT2D eigenvalue weighted by molar-refractivity contribution is 6.35. The minimum atomic E-state index is 0. The molecular weight excluding hydrogens is 317 g/mol. The van der Waals surface area contributed by atoms with Gasteiger partial charge in [-0.15, -0.1) is 12.4 Å². The minimum absolute atomic E-state index is 0. The van der Waals surface area contributed by atoms with Gasteiger partial charge >= 0.3 is 0 Å². The molecule has 1 aliphatic heterocycles. The Bertz CT molecular complexity index is 610. The highest BCUT2D eigenvalue weighted by Gasteiger charge is 2.19. The number of hydrogen-bond acceptors (Lipinski definition) is 3. The SMILES string of the molecule is CNCC1CCN(Cc2ccc(Cl)c3cccnc23)CC1.Cl. The first-order valence-corrected chi connectivity index (χ1v) is 8.05. The summed E-state index contributed by atoms with van der Waals surface area (Å²) >= 11 is 6.27. The number of aromatic nitrogens is 1. The van der Waals surface area contributed by atoms with Gasteiger partial charge in [0, 0.05) is 23.2 Å². The maximum Gasteiger partial charge on any atom is 0.0761 e. The molecule has 1 fully saturated rings. The van der Waals surface area contributed by atoms with E-state index in [0.29, 0.717) is 0 Å². The smallest absolute Gasteiger partial charge is 0.0761 e. The lowest BCUT2D eigenvalue weighted by Gasteiger charge is -2.32. The predicted octanol–water partition coefficient (Wildman–Crippen LogP) is 3.74. The van der Waals surface area contributed by atoms with E-state index >= 15 is 0 Å². The van der Waals surface area contributed by atoms with E-state index in [9.17, 15) is 0 Å². The standard InChI is InChI=1S/C17H22ClN3.ClH/c1-19-11-13-6-9-21(10-7-13)12-14-4-5-16(18)15-3-2-8-20-17(14)15;/h2-5,8,13,19H,6-7,9-12H2,1H3;1H. The van der Waals surface area contributed by atoms with E-state index in [4.69, 9.17) is 11.6 Å². The fourth-order valence-corrected chi connectivity index (χ4v) is 3.42. The molecule has 0 unspecified atom stereocenters. The van der Waals surface area contributed by atoms with Crippen molar-refractivity contribution in [2.45, 2.75) is 19.4 Å². The Kier molecular flexibility index (Phi) is 6.45. The number of pyridine rings is 1. The van der Waals surface area contributed by atoms with Gasteiger partial charge in [0.2, 0.25) is 0 Å². The molecule has 22 heavy (non-hydrogen) atoms. The number of hydrogen-bond donors (Lipinski definition) is 1. The van der Waals surface area contributed by atoms with Crippen LogP contribution in [0.3, 0.4) is 0 Å². The Morgan fingerprint density at radius 1 is 1.27 bits per heavy atom. The van der Waals surface area contributed by atoms with E-state index in [1.54, 1.807) is 0 Å². The lowest BCUT2D eigenvalue weighted by Crippen LogP contribution is -2.36. The van der Waals surface area contributed by atoms with Gasteiger partial charge in [0.25, 0.3) is 0 Å². The summed E-state index contributed by atoms with van der Waals surface area (Å²) < 4.78 is 0. The topological polar surface area (TPSA) is 28.2 Å². The molecule has 0 radical (unpaired) electrons. The normalized spacial score (nSPS) is 16.6. The predicted molar refractivity (Wildman–Crippen MR) is 95.9 cm³/mol. The third-order valence-electron chi connectivity index (χ3n) is 4.39. The van der Waals surface area contributed by atoms with Gasteiger partial charge in [-0.25, -0.2) is 0 Å². The average Bonchev–Trinajstić information content (AvgIpc) is 2.52. The summed E-state index contributed by atoms with van der Waals surface area (Å²) in [5.74, 6) is 0.825. The van der Waals surface area contributed by atoms with Gasteiger partial charge in [0.15, 0.2) is 0 Å². The van der Waals surface area contributed by atoms with Crippen molar-refractivity contribution in [2.75, 3.05) is 26.7 Å². The van der Waals surface area contributed by atoms with Gasteiger partial charge in [0.1, 0.15) is 0 Å². The number of likely N-dealkylation sites (tertiary alicyclic amines) is 1. The van der Waals surface area contributed by atoms with Crippen LogP contribution in [-0.2, 0) is 6.54 Å². The van der Waals surface area contributed by atoms with E-state index < -0.39 is 0 Å². The van der Waals surface area contributed by atoms with Gasteiger partial charge < -0.3 is 5.32 Å². The number of benzene rings is 1. The fraction of sp³-hybridized carbons (Fsp3) is 0.471. The monoisotopic (exact) mass is 339 g/mol. The second kappa shape index (κ2) is 8.11. The zero-order chi connectivity index (χ0) is 14.7. The van der Waals surface area contributed by atoms with Gasteiger partial charge in [-0.05, 0) is 69.2 Å². The van der Waals surface area contributed by atoms with Crippen molar-refractivity contribution in [3.63, 3.8) is 0 Å². The second-order valence-corrected chi connectivity index (χ2v) is 6.29. The molecule has 0 atom stereocenters. The van der Waals surface area contributed by atoms with Crippen LogP contribution >= 0.6 is 24.0 Å². The average molecular weight is 340 g/mol. The second-order valence-electron chi connectivity index (χ2n) is 5.88. The summed E-state index contributed by atoms with van der Waals surface area (Å²) in [6.45, 7) is 4.45. The summed E-state index contributed by atoms with van der Waals surface area (Å²) in [4.78, 5) is 7.06. The Morgan fingerprint density at radius 2 is 2.05 bits per heavy atom. The van der Waals surface area contributed by atoms with Crippen molar-refractivity contribution in [2.24, 2.45) is 5.92 Å². The van der Waals surface area contributed by atoms with E-state index in [0.717, 1.165) is 34.9 Å². The number of nitrogens with zero attached hydrogens (tertiary/aromatic N) is 2. The van der Waals surface area contributed by atoms with Crippen molar-refractivity contribution in [3.05, 3.63) is 41.0 Å². The van der Waals surface area contributed by atoms with Crippen LogP contribution in [0.4, 0.5) is 0 Å². The molecular formula is C17H23Cl2N3. The first-order valence-electron chi connectivity index (χ1n) is 7.67. The Balaban J connectivity index is 0.00000176. The van der Waals surface area contributed by atoms with Crippen LogP contribution in [0.15, 0.2) is 30.5 Å². The lowest BCUT2D eigenvalue weighted by atomic mass is 9.96. The van der Waals surface area contributed by atoms with Crippen molar-refractivity contribution in [1.29, 1.82) is 0 Å². The third-order valence-corrected chi connectivity index (χ3v) is 4.72. The van der Waals surface area contributed by atoms with E-state index in [1.807, 2.05) is 31.4 Å². The molecule has 1 saturated heterocycles. The molecule has 1 aromatic heterocycles. The molecule has 0 aliphatic carbocycles. The molecule has 0 spiro atoms. The van der Waals surface area contributed by atoms with Crippen molar-refractivity contribution >= 4 is 34.9 Å². The van der Waals surface area contributed by atoms with Crippen LogP contribution in [0, 0.1) is 5.92 Å². The highest BCUT2D eigenvalue weighted by Crippen LogP contribution is 2.26. The fourth-order valence-electron chi connectivity index (χ4n) is 3.20. The number of rotatable bonds is 4. The Hall–Kier alpha value is -0.870. The molecule has 1 N–H and O–H groups in total. The minimum Gasteiger partial charge on any atom is -0.319 e. The zero-order valence-electron chi connectivity index (χ0n) is 12.9. The maximum absolute atomic E-state index is 6.27.